The third-order valence-electron chi connectivity index (χ3n) is 3.56. The summed E-state index contributed by atoms with van der Waals surface area (Å²) in [5, 5.41) is 8.89. The number of aryl methyl sites for hydroxylation is 1. The van der Waals surface area contributed by atoms with Gasteiger partial charge in [-0.05, 0) is 19.1 Å². The fourth-order valence-corrected chi connectivity index (χ4v) is 2.16. The maximum absolute atomic E-state index is 12.1. The fourth-order valence-electron chi connectivity index (χ4n) is 2.16. The molecular weight excluding hydrogens is 230 g/mol. The molecule has 1 fully saturated rings. The highest BCUT2D eigenvalue weighted by molar-refractivity contribution is 5.95. The number of amides is 1. The number of rotatable bonds is 3. The summed E-state index contributed by atoms with van der Waals surface area (Å²) in [6, 6.07) is 7.46. The van der Waals surface area contributed by atoms with Crippen LogP contribution in [0.2, 0.25) is 0 Å². The summed E-state index contributed by atoms with van der Waals surface area (Å²) in [7, 11) is 0. The van der Waals surface area contributed by atoms with Crippen LogP contribution >= 0.6 is 0 Å². The molecule has 1 aromatic rings. The van der Waals surface area contributed by atoms with E-state index in [1.807, 2.05) is 25.1 Å². The highest BCUT2D eigenvalue weighted by atomic mass is 16.4. The minimum absolute atomic E-state index is 0.00691. The van der Waals surface area contributed by atoms with Gasteiger partial charge in [-0.15, -0.1) is 0 Å². The second-order valence-corrected chi connectivity index (χ2v) is 4.97. The number of carbonyl (C=O) groups is 2. The van der Waals surface area contributed by atoms with E-state index in [-0.39, 0.29) is 17.7 Å². The van der Waals surface area contributed by atoms with Crippen LogP contribution in [0.5, 0.6) is 0 Å². The van der Waals surface area contributed by atoms with Crippen molar-refractivity contribution in [3.63, 3.8) is 0 Å². The van der Waals surface area contributed by atoms with Gasteiger partial charge in [0.15, 0.2) is 0 Å². The number of nitrogens with zero attached hydrogens (tertiary/aromatic N) is 1. The molecule has 0 aromatic heterocycles. The van der Waals surface area contributed by atoms with Crippen LogP contribution in [0, 0.1) is 18.8 Å². The first-order chi connectivity index (χ1) is 8.49. The molecule has 1 saturated heterocycles. The van der Waals surface area contributed by atoms with Crippen molar-refractivity contribution in [2.24, 2.45) is 11.8 Å². The zero-order chi connectivity index (χ0) is 13.3. The first-order valence-corrected chi connectivity index (χ1v) is 6.08. The summed E-state index contributed by atoms with van der Waals surface area (Å²) < 4.78 is 0. The van der Waals surface area contributed by atoms with E-state index < -0.39 is 5.97 Å². The summed E-state index contributed by atoms with van der Waals surface area (Å²) in [5.41, 5.74) is 1.73. The number of hydrogen-bond acceptors (Lipinski definition) is 2. The van der Waals surface area contributed by atoms with Crippen molar-refractivity contribution >= 4 is 11.9 Å². The van der Waals surface area contributed by atoms with E-state index in [0.717, 1.165) is 5.56 Å². The number of hydrogen-bond donors (Lipinski definition) is 1. The molecule has 0 aliphatic carbocycles. The lowest BCUT2D eigenvalue weighted by Gasteiger charge is -2.41. The predicted octanol–water partition coefficient (Wildman–Crippen LogP) is 1.79. The van der Waals surface area contributed by atoms with Gasteiger partial charge in [0.2, 0.25) is 0 Å². The number of carboxylic acid groups (broad SMARTS) is 1. The SMILES string of the molecule is Cc1cccc(C(=O)N2CC(C(C)C(=O)O)C2)c1. The molecule has 0 spiro atoms. The van der Waals surface area contributed by atoms with E-state index >= 15 is 0 Å². The van der Waals surface area contributed by atoms with Crippen LogP contribution in [-0.2, 0) is 4.79 Å². The fraction of sp³-hybridized carbons (Fsp3) is 0.429. The Labute approximate surface area is 106 Å². The van der Waals surface area contributed by atoms with Crippen molar-refractivity contribution in [2.75, 3.05) is 13.1 Å². The molecule has 1 aliphatic heterocycles. The maximum atomic E-state index is 12.1. The van der Waals surface area contributed by atoms with Crippen molar-refractivity contribution < 1.29 is 14.7 Å². The van der Waals surface area contributed by atoms with Crippen LogP contribution in [0.4, 0.5) is 0 Å². The number of benzene rings is 1. The Morgan fingerprint density at radius 2 is 2.06 bits per heavy atom. The second-order valence-electron chi connectivity index (χ2n) is 4.97. The molecule has 2 rings (SSSR count). The minimum Gasteiger partial charge on any atom is -0.481 e. The lowest BCUT2D eigenvalue weighted by Crippen LogP contribution is -2.53. The summed E-state index contributed by atoms with van der Waals surface area (Å²) in [6.07, 6.45) is 0. The zero-order valence-electron chi connectivity index (χ0n) is 10.6. The molecule has 1 atom stereocenters. The zero-order valence-corrected chi connectivity index (χ0v) is 10.6. The average Bonchev–Trinajstić information content (AvgIpc) is 2.26. The van der Waals surface area contributed by atoms with E-state index in [9.17, 15) is 9.59 Å². The van der Waals surface area contributed by atoms with E-state index in [1.165, 1.54) is 0 Å². The number of carboxylic acids is 1. The summed E-state index contributed by atoms with van der Waals surface area (Å²) >= 11 is 0. The third-order valence-corrected chi connectivity index (χ3v) is 3.56. The van der Waals surface area contributed by atoms with E-state index in [1.54, 1.807) is 17.9 Å². The second kappa shape index (κ2) is 4.80. The van der Waals surface area contributed by atoms with Gasteiger partial charge >= 0.3 is 5.97 Å². The molecule has 18 heavy (non-hydrogen) atoms. The quantitative estimate of drug-likeness (QED) is 0.885. The standard InChI is InChI=1S/C14H17NO3/c1-9-4-3-5-11(6-9)13(16)15-7-12(8-15)10(2)14(17)18/h3-6,10,12H,7-8H2,1-2H3,(H,17,18). The normalized spacial score (nSPS) is 17.1. The minimum atomic E-state index is -0.789. The smallest absolute Gasteiger partial charge is 0.306 e. The van der Waals surface area contributed by atoms with Crippen LogP contribution < -0.4 is 0 Å². The van der Waals surface area contributed by atoms with Crippen LogP contribution in [0.25, 0.3) is 0 Å². The summed E-state index contributed by atoms with van der Waals surface area (Å²) in [6.45, 7) is 4.73. The van der Waals surface area contributed by atoms with Gasteiger partial charge in [-0.3, -0.25) is 9.59 Å². The largest absolute Gasteiger partial charge is 0.481 e. The van der Waals surface area contributed by atoms with Crippen molar-refractivity contribution in [3.05, 3.63) is 35.4 Å². The Balaban J connectivity index is 1.96. The summed E-state index contributed by atoms with van der Waals surface area (Å²) in [5.74, 6) is -1.10. The van der Waals surface area contributed by atoms with Gasteiger partial charge in [0, 0.05) is 24.6 Å². The lowest BCUT2D eigenvalue weighted by molar-refractivity contribution is -0.144. The third kappa shape index (κ3) is 2.37. The molecule has 1 unspecified atom stereocenters. The number of aliphatic carboxylic acids is 1. The van der Waals surface area contributed by atoms with Gasteiger partial charge in [0.25, 0.3) is 5.91 Å². The van der Waals surface area contributed by atoms with E-state index in [4.69, 9.17) is 5.11 Å². The monoisotopic (exact) mass is 247 g/mol. The molecule has 0 radical (unpaired) electrons. The molecule has 96 valence electrons. The van der Waals surface area contributed by atoms with E-state index in [2.05, 4.69) is 0 Å². The van der Waals surface area contributed by atoms with Gasteiger partial charge in [-0.1, -0.05) is 24.6 Å². The molecule has 1 aliphatic rings. The van der Waals surface area contributed by atoms with Crippen molar-refractivity contribution in [1.29, 1.82) is 0 Å². The number of likely N-dealkylation sites (tertiary alicyclic amines) is 1. The Bertz CT molecular complexity index is 478. The molecule has 1 heterocycles. The van der Waals surface area contributed by atoms with Crippen LogP contribution in [-0.4, -0.2) is 35.0 Å². The van der Waals surface area contributed by atoms with Gasteiger partial charge in [-0.2, -0.15) is 0 Å². The van der Waals surface area contributed by atoms with Gasteiger partial charge in [-0.25, -0.2) is 0 Å². The van der Waals surface area contributed by atoms with Crippen LogP contribution in [0.15, 0.2) is 24.3 Å². The van der Waals surface area contributed by atoms with Crippen molar-refractivity contribution in [2.45, 2.75) is 13.8 Å². The van der Waals surface area contributed by atoms with Gasteiger partial charge in [0.05, 0.1) is 5.92 Å². The predicted molar refractivity (Wildman–Crippen MR) is 67.4 cm³/mol. The van der Waals surface area contributed by atoms with Crippen LogP contribution in [0.1, 0.15) is 22.8 Å². The molecular formula is C14H17NO3. The highest BCUT2D eigenvalue weighted by Crippen LogP contribution is 2.25. The molecule has 4 nitrogen and oxygen atoms in total. The molecule has 0 bridgehead atoms. The first-order valence-electron chi connectivity index (χ1n) is 6.08. The Morgan fingerprint density at radius 1 is 1.39 bits per heavy atom. The molecule has 1 aromatic carbocycles. The molecule has 0 saturated carbocycles. The Kier molecular flexibility index (Phi) is 3.36. The Hall–Kier alpha value is -1.84. The van der Waals surface area contributed by atoms with Crippen LogP contribution in [0.3, 0.4) is 0 Å². The van der Waals surface area contributed by atoms with E-state index in [0.29, 0.717) is 18.7 Å². The maximum Gasteiger partial charge on any atom is 0.306 e. The Morgan fingerprint density at radius 3 is 2.61 bits per heavy atom. The molecule has 1 N–H and O–H groups in total. The molecule has 1 amide bonds. The highest BCUT2D eigenvalue weighted by Gasteiger charge is 2.37. The van der Waals surface area contributed by atoms with Crippen molar-refractivity contribution in [1.82, 2.24) is 4.90 Å². The molecule has 4 heteroatoms. The number of carbonyl (C=O) groups excluding carboxylic acids is 1. The van der Waals surface area contributed by atoms with Gasteiger partial charge in [0.1, 0.15) is 0 Å². The average molecular weight is 247 g/mol. The lowest BCUT2D eigenvalue weighted by atomic mass is 9.86. The van der Waals surface area contributed by atoms with Crippen molar-refractivity contribution in [3.8, 4) is 0 Å². The van der Waals surface area contributed by atoms with Gasteiger partial charge < -0.3 is 10.0 Å². The first kappa shape index (κ1) is 12.6. The summed E-state index contributed by atoms with van der Waals surface area (Å²) in [4.78, 5) is 24.6. The topological polar surface area (TPSA) is 57.6 Å².